The molecule has 7 heteroatoms. The molecule has 1 aromatic carbocycles. The number of nitrogens with zero attached hydrogens (tertiary/aromatic N) is 3. The van der Waals surface area contributed by atoms with E-state index in [0.717, 1.165) is 10.6 Å². The number of hydrazone groups is 1. The van der Waals surface area contributed by atoms with Crippen molar-refractivity contribution >= 4 is 18.2 Å². The zero-order valence-corrected chi connectivity index (χ0v) is 13.3. The maximum atomic E-state index is 12.7. The number of nitrogens with one attached hydrogen (secondary N) is 1. The number of hydrogen-bond acceptors (Lipinski definition) is 5. The van der Waals surface area contributed by atoms with Crippen LogP contribution in [0, 0.1) is 0 Å². The summed E-state index contributed by atoms with van der Waals surface area (Å²) < 4.78 is 5.11. The molecule has 1 N–H and O–H groups in total. The Bertz CT molecular complexity index is 789. The number of hydrogen-bond donors (Lipinski definition) is 1. The van der Waals surface area contributed by atoms with Crippen LogP contribution in [0.1, 0.15) is 18.1 Å². The quantitative estimate of drug-likeness (QED) is 0.687. The smallest absolute Gasteiger partial charge is 0.346 e. The van der Waals surface area contributed by atoms with Gasteiger partial charge in [0.2, 0.25) is 0 Å². The lowest BCUT2D eigenvalue weighted by atomic mass is 9.92. The van der Waals surface area contributed by atoms with Gasteiger partial charge in [-0.2, -0.15) is 5.10 Å². The van der Waals surface area contributed by atoms with Crippen LogP contribution in [0.5, 0.6) is 5.75 Å². The zero-order valence-electron chi connectivity index (χ0n) is 13.3. The fraction of sp³-hybridized carbons (Fsp3) is 0.176. The van der Waals surface area contributed by atoms with Crippen molar-refractivity contribution in [1.82, 2.24) is 15.3 Å². The van der Waals surface area contributed by atoms with E-state index in [4.69, 9.17) is 4.74 Å². The molecule has 0 bridgehead atoms. The highest BCUT2D eigenvalue weighted by Gasteiger charge is 2.49. The van der Waals surface area contributed by atoms with E-state index in [0.29, 0.717) is 11.3 Å². The second-order valence-electron chi connectivity index (χ2n) is 5.43. The topological polar surface area (TPSA) is 83.9 Å². The van der Waals surface area contributed by atoms with Crippen LogP contribution in [0.25, 0.3) is 0 Å². The number of benzene rings is 1. The molecule has 122 valence electrons. The fourth-order valence-electron chi connectivity index (χ4n) is 2.42. The van der Waals surface area contributed by atoms with Gasteiger partial charge in [0.25, 0.3) is 5.91 Å². The summed E-state index contributed by atoms with van der Waals surface area (Å²) >= 11 is 0. The number of ether oxygens (including phenoxy) is 1. The van der Waals surface area contributed by atoms with Crippen LogP contribution in [-0.2, 0) is 10.3 Å². The second-order valence-corrected chi connectivity index (χ2v) is 5.43. The molecule has 3 amide bonds. The van der Waals surface area contributed by atoms with Gasteiger partial charge in [0.05, 0.1) is 13.3 Å². The highest BCUT2D eigenvalue weighted by molar-refractivity contribution is 6.07. The van der Waals surface area contributed by atoms with Crippen LogP contribution >= 0.6 is 0 Å². The molecule has 1 saturated heterocycles. The predicted molar refractivity (Wildman–Crippen MR) is 87.6 cm³/mol. The Labute approximate surface area is 139 Å². The molecule has 1 fully saturated rings. The Morgan fingerprint density at radius 2 is 1.83 bits per heavy atom. The van der Waals surface area contributed by atoms with Crippen molar-refractivity contribution in [3.05, 3.63) is 59.9 Å². The normalized spacial score (nSPS) is 20.5. The van der Waals surface area contributed by atoms with E-state index in [-0.39, 0.29) is 0 Å². The van der Waals surface area contributed by atoms with Crippen molar-refractivity contribution in [1.29, 1.82) is 0 Å². The van der Waals surface area contributed by atoms with E-state index in [1.807, 2.05) is 0 Å². The minimum absolute atomic E-state index is 0.442. The number of aromatic nitrogens is 1. The number of imide groups is 1. The third-order valence-electron chi connectivity index (χ3n) is 3.87. The number of rotatable bonds is 4. The lowest BCUT2D eigenvalue weighted by molar-refractivity contribution is -0.131. The Morgan fingerprint density at radius 1 is 1.17 bits per heavy atom. The highest BCUT2D eigenvalue weighted by atomic mass is 16.5. The number of urea groups is 1. The van der Waals surface area contributed by atoms with Crippen molar-refractivity contribution < 1.29 is 14.3 Å². The molecule has 0 saturated carbocycles. The summed E-state index contributed by atoms with van der Waals surface area (Å²) in [4.78, 5) is 28.8. The maximum absolute atomic E-state index is 12.7. The van der Waals surface area contributed by atoms with Gasteiger partial charge >= 0.3 is 6.03 Å². The minimum Gasteiger partial charge on any atom is -0.497 e. The number of carbonyl (C=O) groups is 2. The minimum atomic E-state index is -1.17. The van der Waals surface area contributed by atoms with E-state index in [1.54, 1.807) is 62.8 Å². The summed E-state index contributed by atoms with van der Waals surface area (Å²) in [6.45, 7) is 1.65. The Balaban J connectivity index is 1.86. The number of carbonyl (C=O) groups excluding carboxylic acids is 2. The standard InChI is InChI=1S/C17H16N4O3/c1-17(13-3-5-14(24-2)6-4-13)15(22)21(16(23)20-17)19-11-12-7-9-18-10-8-12/h3-11H,1-2H3,(H,20,23)/b19-11+. The van der Waals surface area contributed by atoms with Crippen LogP contribution in [0.4, 0.5) is 4.79 Å². The second kappa shape index (κ2) is 6.11. The summed E-state index contributed by atoms with van der Waals surface area (Å²) in [6, 6.07) is 9.85. The molecule has 0 radical (unpaired) electrons. The molecular weight excluding hydrogens is 308 g/mol. The van der Waals surface area contributed by atoms with Gasteiger partial charge in [0, 0.05) is 12.4 Å². The van der Waals surface area contributed by atoms with Gasteiger partial charge in [-0.15, -0.1) is 5.01 Å². The molecule has 1 aliphatic rings. The number of amides is 3. The van der Waals surface area contributed by atoms with Crippen molar-refractivity contribution in [3.63, 3.8) is 0 Å². The first-order valence-electron chi connectivity index (χ1n) is 7.30. The predicted octanol–water partition coefficient (Wildman–Crippen LogP) is 1.89. The monoisotopic (exact) mass is 324 g/mol. The van der Waals surface area contributed by atoms with E-state index in [1.165, 1.54) is 6.21 Å². The molecular formula is C17H16N4O3. The largest absolute Gasteiger partial charge is 0.497 e. The van der Waals surface area contributed by atoms with Gasteiger partial charge in [-0.05, 0) is 42.3 Å². The first kappa shape index (κ1) is 15.7. The van der Waals surface area contributed by atoms with Gasteiger partial charge < -0.3 is 10.1 Å². The van der Waals surface area contributed by atoms with Crippen LogP contribution in [0.3, 0.4) is 0 Å². The molecule has 24 heavy (non-hydrogen) atoms. The molecule has 2 aromatic rings. The molecule has 1 aliphatic heterocycles. The third kappa shape index (κ3) is 2.71. The summed E-state index contributed by atoms with van der Waals surface area (Å²) in [5.74, 6) is 0.231. The van der Waals surface area contributed by atoms with Gasteiger partial charge in [-0.3, -0.25) is 9.78 Å². The summed E-state index contributed by atoms with van der Waals surface area (Å²) in [5, 5.41) is 7.53. The highest BCUT2D eigenvalue weighted by Crippen LogP contribution is 2.30. The number of methoxy groups -OCH3 is 1. The lowest BCUT2D eigenvalue weighted by Crippen LogP contribution is -2.40. The van der Waals surface area contributed by atoms with Crippen LogP contribution in [0.2, 0.25) is 0 Å². The lowest BCUT2D eigenvalue weighted by Gasteiger charge is -2.21. The Kier molecular flexibility index (Phi) is 3.99. The average molecular weight is 324 g/mol. The molecule has 7 nitrogen and oxygen atoms in total. The molecule has 0 aliphatic carbocycles. The van der Waals surface area contributed by atoms with E-state index in [9.17, 15) is 9.59 Å². The van der Waals surface area contributed by atoms with Gasteiger partial charge in [-0.25, -0.2) is 4.79 Å². The van der Waals surface area contributed by atoms with Crippen molar-refractivity contribution in [3.8, 4) is 5.75 Å². The molecule has 0 spiro atoms. The molecule has 1 atom stereocenters. The van der Waals surface area contributed by atoms with E-state index in [2.05, 4.69) is 15.4 Å². The van der Waals surface area contributed by atoms with Gasteiger partial charge in [0.15, 0.2) is 0 Å². The van der Waals surface area contributed by atoms with E-state index < -0.39 is 17.5 Å². The average Bonchev–Trinajstić information content (AvgIpc) is 2.84. The van der Waals surface area contributed by atoms with Crippen LogP contribution in [-0.4, -0.2) is 35.3 Å². The third-order valence-corrected chi connectivity index (χ3v) is 3.87. The fourth-order valence-corrected chi connectivity index (χ4v) is 2.42. The first-order chi connectivity index (χ1) is 11.5. The molecule has 3 rings (SSSR count). The van der Waals surface area contributed by atoms with Crippen LogP contribution in [0.15, 0.2) is 53.9 Å². The molecule has 1 aromatic heterocycles. The Morgan fingerprint density at radius 3 is 2.46 bits per heavy atom. The SMILES string of the molecule is COc1ccc(C2(C)NC(=O)N(/N=C/c3ccncc3)C2=O)cc1. The zero-order chi connectivity index (χ0) is 17.2. The molecule has 2 heterocycles. The first-order valence-corrected chi connectivity index (χ1v) is 7.30. The Hall–Kier alpha value is -3.22. The summed E-state index contributed by atoms with van der Waals surface area (Å²) in [6.07, 6.45) is 4.66. The van der Waals surface area contributed by atoms with Crippen LogP contribution < -0.4 is 10.1 Å². The van der Waals surface area contributed by atoms with Crippen molar-refractivity contribution in [2.45, 2.75) is 12.5 Å². The van der Waals surface area contributed by atoms with E-state index >= 15 is 0 Å². The van der Waals surface area contributed by atoms with Gasteiger partial charge in [-0.1, -0.05) is 12.1 Å². The number of pyridine rings is 1. The summed E-state index contributed by atoms with van der Waals surface area (Å²) in [7, 11) is 1.56. The summed E-state index contributed by atoms with van der Waals surface area (Å²) in [5.41, 5.74) is 0.228. The van der Waals surface area contributed by atoms with Crippen molar-refractivity contribution in [2.24, 2.45) is 5.10 Å². The van der Waals surface area contributed by atoms with Gasteiger partial charge in [0.1, 0.15) is 11.3 Å². The van der Waals surface area contributed by atoms with Crippen molar-refractivity contribution in [2.75, 3.05) is 7.11 Å². The molecule has 1 unspecified atom stereocenters. The maximum Gasteiger partial charge on any atom is 0.346 e.